The van der Waals surface area contributed by atoms with Crippen LogP contribution in [0.3, 0.4) is 0 Å². The summed E-state index contributed by atoms with van der Waals surface area (Å²) in [4.78, 5) is 14.9. The summed E-state index contributed by atoms with van der Waals surface area (Å²) in [6, 6.07) is 18.3. The summed E-state index contributed by atoms with van der Waals surface area (Å²) in [6.07, 6.45) is 2.65. The van der Waals surface area contributed by atoms with E-state index >= 15 is 0 Å². The topological polar surface area (TPSA) is 79.6 Å². The van der Waals surface area contributed by atoms with E-state index < -0.39 is 10.0 Å². The van der Waals surface area contributed by atoms with Gasteiger partial charge >= 0.3 is 0 Å². The number of aryl methyl sites for hydroxylation is 1. The zero-order valence-electron chi connectivity index (χ0n) is 15.8. The first-order valence-corrected chi connectivity index (χ1v) is 10.6. The first-order chi connectivity index (χ1) is 13.3. The SMILES string of the molecule is Cc1ccc(C(=O)N(Cc2ccccc2)Cc2ccco2)cc1NS(C)(=O)=O. The number of anilines is 1. The second kappa shape index (κ2) is 8.31. The molecular weight excluding hydrogens is 376 g/mol. The Labute approximate surface area is 164 Å². The van der Waals surface area contributed by atoms with Crippen molar-refractivity contribution < 1.29 is 17.6 Å². The summed E-state index contributed by atoms with van der Waals surface area (Å²) in [7, 11) is -3.44. The van der Waals surface area contributed by atoms with Crippen molar-refractivity contribution in [2.45, 2.75) is 20.0 Å². The van der Waals surface area contributed by atoms with Gasteiger partial charge in [0.15, 0.2) is 0 Å². The van der Waals surface area contributed by atoms with E-state index in [1.54, 1.807) is 42.4 Å². The lowest BCUT2D eigenvalue weighted by Crippen LogP contribution is -2.30. The standard InChI is InChI=1S/C21H22N2O4S/c1-16-10-11-18(13-20(16)22-28(2,25)26)21(24)23(15-19-9-6-12-27-19)14-17-7-4-3-5-8-17/h3-13,22H,14-15H2,1-2H3. The maximum Gasteiger partial charge on any atom is 0.254 e. The fourth-order valence-electron chi connectivity index (χ4n) is 2.84. The molecule has 2 aromatic carbocycles. The van der Waals surface area contributed by atoms with Gasteiger partial charge in [-0.3, -0.25) is 9.52 Å². The van der Waals surface area contributed by atoms with Crippen molar-refractivity contribution in [3.63, 3.8) is 0 Å². The fourth-order valence-corrected chi connectivity index (χ4v) is 3.46. The molecule has 0 saturated heterocycles. The molecule has 1 amide bonds. The van der Waals surface area contributed by atoms with Gasteiger partial charge in [0.1, 0.15) is 5.76 Å². The third-order valence-corrected chi connectivity index (χ3v) is 4.80. The average Bonchev–Trinajstić information content (AvgIpc) is 3.15. The van der Waals surface area contributed by atoms with Crippen LogP contribution in [0, 0.1) is 6.92 Å². The summed E-state index contributed by atoms with van der Waals surface area (Å²) in [5.74, 6) is 0.461. The smallest absolute Gasteiger partial charge is 0.254 e. The van der Waals surface area contributed by atoms with Crippen LogP contribution in [0.15, 0.2) is 71.3 Å². The molecule has 3 aromatic rings. The van der Waals surface area contributed by atoms with E-state index in [1.165, 1.54) is 0 Å². The molecule has 0 saturated carbocycles. The Morgan fingerprint density at radius 1 is 1.04 bits per heavy atom. The number of hydrogen-bond donors (Lipinski definition) is 1. The molecule has 0 spiro atoms. The van der Waals surface area contributed by atoms with E-state index in [2.05, 4.69) is 4.72 Å². The molecule has 1 N–H and O–H groups in total. The molecule has 1 heterocycles. The number of benzene rings is 2. The van der Waals surface area contributed by atoms with E-state index in [0.29, 0.717) is 30.1 Å². The van der Waals surface area contributed by atoms with Gasteiger partial charge in [-0.25, -0.2) is 8.42 Å². The van der Waals surface area contributed by atoms with Gasteiger partial charge in [0, 0.05) is 12.1 Å². The van der Waals surface area contributed by atoms with E-state index in [-0.39, 0.29) is 5.91 Å². The minimum atomic E-state index is -3.44. The third-order valence-electron chi connectivity index (χ3n) is 4.21. The lowest BCUT2D eigenvalue weighted by Gasteiger charge is -2.22. The Hall–Kier alpha value is -3.06. The van der Waals surface area contributed by atoms with Crippen molar-refractivity contribution in [2.24, 2.45) is 0 Å². The van der Waals surface area contributed by atoms with Gasteiger partial charge in [-0.05, 0) is 42.3 Å². The molecular formula is C21H22N2O4S. The highest BCUT2D eigenvalue weighted by atomic mass is 32.2. The number of carbonyl (C=O) groups is 1. The van der Waals surface area contributed by atoms with Crippen LogP contribution < -0.4 is 4.72 Å². The number of amides is 1. The molecule has 0 aliphatic rings. The lowest BCUT2D eigenvalue weighted by molar-refractivity contribution is 0.0717. The molecule has 6 nitrogen and oxygen atoms in total. The quantitative estimate of drug-likeness (QED) is 0.656. The number of rotatable bonds is 7. The van der Waals surface area contributed by atoms with Gasteiger partial charge in [0.2, 0.25) is 10.0 Å². The molecule has 0 fully saturated rings. The number of furan rings is 1. The molecule has 146 valence electrons. The molecule has 0 radical (unpaired) electrons. The van der Waals surface area contributed by atoms with Crippen LogP contribution in [-0.2, 0) is 23.1 Å². The van der Waals surface area contributed by atoms with Crippen molar-refractivity contribution in [3.05, 3.63) is 89.4 Å². The van der Waals surface area contributed by atoms with Crippen molar-refractivity contribution in [2.75, 3.05) is 11.0 Å². The van der Waals surface area contributed by atoms with Crippen LogP contribution in [0.25, 0.3) is 0 Å². The zero-order valence-corrected chi connectivity index (χ0v) is 16.6. The predicted octanol–water partition coefficient (Wildman–Crippen LogP) is 3.80. The summed E-state index contributed by atoms with van der Waals surface area (Å²) in [6.45, 7) is 2.50. The van der Waals surface area contributed by atoms with Crippen molar-refractivity contribution in [3.8, 4) is 0 Å². The van der Waals surface area contributed by atoms with Crippen molar-refractivity contribution in [1.29, 1.82) is 0 Å². The van der Waals surface area contributed by atoms with E-state index in [0.717, 1.165) is 17.4 Å². The van der Waals surface area contributed by atoms with Crippen LogP contribution in [0.1, 0.15) is 27.2 Å². The van der Waals surface area contributed by atoms with Crippen LogP contribution >= 0.6 is 0 Å². The maximum absolute atomic E-state index is 13.2. The first-order valence-electron chi connectivity index (χ1n) is 8.76. The molecule has 0 aliphatic carbocycles. The number of sulfonamides is 1. The Kier molecular flexibility index (Phi) is 5.84. The molecule has 0 bridgehead atoms. The second-order valence-corrected chi connectivity index (χ2v) is 8.38. The first kappa shape index (κ1) is 19.7. The summed E-state index contributed by atoms with van der Waals surface area (Å²) in [5, 5.41) is 0. The number of carbonyl (C=O) groups excluding carboxylic acids is 1. The molecule has 0 aliphatic heterocycles. The van der Waals surface area contributed by atoms with Crippen LogP contribution in [0.2, 0.25) is 0 Å². The normalized spacial score (nSPS) is 11.2. The Morgan fingerprint density at radius 2 is 1.79 bits per heavy atom. The molecule has 7 heteroatoms. The minimum Gasteiger partial charge on any atom is -0.467 e. The zero-order chi connectivity index (χ0) is 20.1. The van der Waals surface area contributed by atoms with E-state index in [9.17, 15) is 13.2 Å². The minimum absolute atomic E-state index is 0.211. The van der Waals surface area contributed by atoms with Gasteiger partial charge in [0.05, 0.1) is 24.8 Å². The summed E-state index contributed by atoms with van der Waals surface area (Å²) >= 11 is 0. The Morgan fingerprint density at radius 3 is 2.43 bits per heavy atom. The molecule has 1 aromatic heterocycles. The molecule has 28 heavy (non-hydrogen) atoms. The third kappa shape index (κ3) is 5.23. The van der Waals surface area contributed by atoms with Crippen LogP contribution in [-0.4, -0.2) is 25.5 Å². The Bertz CT molecular complexity index is 1050. The van der Waals surface area contributed by atoms with Crippen LogP contribution in [0.5, 0.6) is 0 Å². The van der Waals surface area contributed by atoms with E-state index in [1.807, 2.05) is 36.4 Å². The fraction of sp³-hybridized carbons (Fsp3) is 0.190. The summed E-state index contributed by atoms with van der Waals surface area (Å²) < 4.78 is 31.1. The number of nitrogens with zero attached hydrogens (tertiary/aromatic N) is 1. The monoisotopic (exact) mass is 398 g/mol. The second-order valence-electron chi connectivity index (χ2n) is 6.63. The van der Waals surface area contributed by atoms with Gasteiger partial charge in [-0.1, -0.05) is 36.4 Å². The lowest BCUT2D eigenvalue weighted by atomic mass is 10.1. The highest BCUT2D eigenvalue weighted by Gasteiger charge is 2.19. The van der Waals surface area contributed by atoms with E-state index in [4.69, 9.17) is 4.42 Å². The summed E-state index contributed by atoms with van der Waals surface area (Å²) in [5.41, 5.74) is 2.52. The number of hydrogen-bond acceptors (Lipinski definition) is 4. The Balaban J connectivity index is 1.90. The van der Waals surface area contributed by atoms with Crippen molar-refractivity contribution >= 4 is 21.6 Å². The molecule has 0 atom stereocenters. The molecule has 0 unspecified atom stereocenters. The highest BCUT2D eigenvalue weighted by molar-refractivity contribution is 7.92. The largest absolute Gasteiger partial charge is 0.467 e. The van der Waals surface area contributed by atoms with Gasteiger partial charge in [-0.2, -0.15) is 0 Å². The van der Waals surface area contributed by atoms with Gasteiger partial charge in [-0.15, -0.1) is 0 Å². The number of nitrogens with one attached hydrogen (secondary N) is 1. The van der Waals surface area contributed by atoms with Gasteiger partial charge in [0.25, 0.3) is 5.91 Å². The molecule has 3 rings (SSSR count). The van der Waals surface area contributed by atoms with Crippen molar-refractivity contribution in [1.82, 2.24) is 4.90 Å². The highest BCUT2D eigenvalue weighted by Crippen LogP contribution is 2.21. The van der Waals surface area contributed by atoms with Gasteiger partial charge < -0.3 is 9.32 Å². The average molecular weight is 398 g/mol. The predicted molar refractivity (Wildman–Crippen MR) is 108 cm³/mol. The maximum atomic E-state index is 13.2. The van der Waals surface area contributed by atoms with Crippen LogP contribution in [0.4, 0.5) is 5.69 Å².